The molecule has 1 aliphatic heterocycles. The van der Waals surface area contributed by atoms with E-state index in [0.717, 1.165) is 37.1 Å². The molecule has 2 aliphatic rings. The summed E-state index contributed by atoms with van der Waals surface area (Å²) in [6, 6.07) is 11.4. The van der Waals surface area contributed by atoms with Crippen LogP contribution in [0.3, 0.4) is 0 Å². The highest BCUT2D eigenvalue weighted by Gasteiger charge is 2.40. The summed E-state index contributed by atoms with van der Waals surface area (Å²) in [5.74, 6) is -0.255. The number of nitrogens with zero attached hydrogens (tertiary/aromatic N) is 1. The van der Waals surface area contributed by atoms with Crippen LogP contribution in [0.4, 0.5) is 18.9 Å². The van der Waals surface area contributed by atoms with Gasteiger partial charge in [0.25, 0.3) is 0 Å². The number of piperidine rings is 1. The maximum atomic E-state index is 13.7. The molecule has 0 aromatic heterocycles. The Hall–Kier alpha value is -2.54. The van der Waals surface area contributed by atoms with Crippen molar-refractivity contribution in [3.05, 3.63) is 64.7 Å². The number of benzene rings is 2. The summed E-state index contributed by atoms with van der Waals surface area (Å²) in [6.45, 7) is 5.97. The molecule has 2 N–H and O–H groups in total. The zero-order valence-corrected chi connectivity index (χ0v) is 18.5. The van der Waals surface area contributed by atoms with Gasteiger partial charge in [-0.3, -0.25) is 4.79 Å². The largest absolute Gasteiger partial charge is 0.416 e. The van der Waals surface area contributed by atoms with Crippen molar-refractivity contribution in [1.29, 1.82) is 0 Å². The van der Waals surface area contributed by atoms with Crippen LogP contribution in [0.2, 0.25) is 0 Å². The molecule has 2 atom stereocenters. The average Bonchev–Trinajstić information content (AvgIpc) is 3.60. The van der Waals surface area contributed by atoms with Gasteiger partial charge in [0.1, 0.15) is 0 Å². The van der Waals surface area contributed by atoms with E-state index >= 15 is 0 Å². The van der Waals surface area contributed by atoms with Crippen molar-refractivity contribution in [3.8, 4) is 0 Å². The Balaban J connectivity index is 1.53. The van der Waals surface area contributed by atoms with Crippen LogP contribution in [0.25, 0.3) is 0 Å². The van der Waals surface area contributed by atoms with E-state index in [2.05, 4.69) is 36.6 Å². The lowest BCUT2D eigenvalue weighted by Gasteiger charge is -2.36. The fraction of sp³-hybridized carbons (Fsp3) is 0.480. The van der Waals surface area contributed by atoms with Crippen LogP contribution in [-0.2, 0) is 17.5 Å². The molecule has 32 heavy (non-hydrogen) atoms. The fourth-order valence-corrected chi connectivity index (χ4v) is 4.44. The average molecular weight is 446 g/mol. The molecule has 2 aromatic rings. The van der Waals surface area contributed by atoms with Gasteiger partial charge in [0.15, 0.2) is 0 Å². The number of aryl methyl sites for hydroxylation is 1. The summed E-state index contributed by atoms with van der Waals surface area (Å²) >= 11 is 0. The fourth-order valence-electron chi connectivity index (χ4n) is 4.44. The highest BCUT2D eigenvalue weighted by atomic mass is 19.4. The van der Waals surface area contributed by atoms with E-state index in [1.807, 2.05) is 11.0 Å². The number of rotatable bonds is 6. The van der Waals surface area contributed by atoms with Crippen molar-refractivity contribution < 1.29 is 18.0 Å². The molecule has 1 saturated carbocycles. The van der Waals surface area contributed by atoms with Crippen molar-refractivity contribution in [2.75, 3.05) is 18.4 Å². The normalized spacial score (nSPS) is 21.3. The van der Waals surface area contributed by atoms with Gasteiger partial charge in [0.2, 0.25) is 5.91 Å². The molecule has 1 amide bonds. The van der Waals surface area contributed by atoms with E-state index in [1.165, 1.54) is 17.2 Å². The van der Waals surface area contributed by atoms with Crippen molar-refractivity contribution in [2.45, 2.75) is 57.9 Å². The Bertz CT molecular complexity index is 971. The second-order valence-electron chi connectivity index (χ2n) is 8.99. The smallest absolute Gasteiger partial charge is 0.381 e. The molecule has 1 aliphatic carbocycles. The number of carbonyl (C=O) groups is 1. The maximum Gasteiger partial charge on any atom is 0.416 e. The van der Waals surface area contributed by atoms with Gasteiger partial charge in [0, 0.05) is 30.9 Å². The number of amides is 1. The number of nitrogens with one attached hydrogen (secondary N) is 2. The maximum absolute atomic E-state index is 13.7. The van der Waals surface area contributed by atoms with Gasteiger partial charge in [-0.25, -0.2) is 0 Å². The van der Waals surface area contributed by atoms with Crippen molar-refractivity contribution in [3.63, 3.8) is 0 Å². The number of carbonyl (C=O) groups excluding carboxylic acids is 1. The first kappa shape index (κ1) is 22.6. The molecule has 0 spiro atoms. The summed E-state index contributed by atoms with van der Waals surface area (Å²) < 4.78 is 39.4. The number of hydrogen-bond acceptors (Lipinski definition) is 3. The van der Waals surface area contributed by atoms with E-state index in [1.54, 1.807) is 6.07 Å². The molecule has 0 bridgehead atoms. The van der Waals surface area contributed by atoms with Crippen molar-refractivity contribution in [1.82, 2.24) is 10.2 Å². The number of halogens is 3. The van der Waals surface area contributed by atoms with E-state index in [0.29, 0.717) is 25.2 Å². The van der Waals surface area contributed by atoms with Gasteiger partial charge >= 0.3 is 6.18 Å². The van der Waals surface area contributed by atoms with E-state index < -0.39 is 11.7 Å². The Morgan fingerprint density at radius 3 is 2.59 bits per heavy atom. The SMILES string of the molecule is Cc1cccc(CN(C(=O)C2CNCCC2Nc2cccc(C(F)(F)F)c2)C2CC2)c1C. The summed E-state index contributed by atoms with van der Waals surface area (Å²) in [5.41, 5.74) is 3.27. The van der Waals surface area contributed by atoms with Gasteiger partial charge in [0.05, 0.1) is 11.5 Å². The van der Waals surface area contributed by atoms with Gasteiger partial charge in [-0.05, 0) is 74.5 Å². The van der Waals surface area contributed by atoms with Crippen LogP contribution in [0.15, 0.2) is 42.5 Å². The lowest BCUT2D eigenvalue weighted by Crippen LogP contribution is -2.52. The van der Waals surface area contributed by atoms with Gasteiger partial charge in [-0.2, -0.15) is 13.2 Å². The zero-order valence-electron chi connectivity index (χ0n) is 18.5. The molecule has 7 heteroatoms. The minimum absolute atomic E-state index is 0.0742. The summed E-state index contributed by atoms with van der Waals surface area (Å²) in [5, 5.41) is 6.53. The molecular weight excluding hydrogens is 415 g/mol. The molecule has 4 nitrogen and oxygen atoms in total. The third-order valence-corrected chi connectivity index (χ3v) is 6.67. The minimum Gasteiger partial charge on any atom is -0.381 e. The minimum atomic E-state index is -4.39. The third kappa shape index (κ3) is 5.09. The van der Waals surface area contributed by atoms with Gasteiger partial charge < -0.3 is 15.5 Å². The van der Waals surface area contributed by atoms with Crippen LogP contribution < -0.4 is 10.6 Å². The highest BCUT2D eigenvalue weighted by Crippen LogP contribution is 2.34. The number of anilines is 1. The van der Waals surface area contributed by atoms with E-state index in [4.69, 9.17) is 0 Å². The molecule has 2 unspecified atom stereocenters. The Kier molecular flexibility index (Phi) is 6.47. The van der Waals surface area contributed by atoms with Crippen LogP contribution >= 0.6 is 0 Å². The first-order valence-electron chi connectivity index (χ1n) is 11.2. The predicted octanol–water partition coefficient (Wildman–Crippen LogP) is 4.90. The Morgan fingerprint density at radius 1 is 1.12 bits per heavy atom. The monoisotopic (exact) mass is 445 g/mol. The summed E-state index contributed by atoms with van der Waals surface area (Å²) in [6.07, 6.45) is -1.71. The third-order valence-electron chi connectivity index (χ3n) is 6.67. The second kappa shape index (κ2) is 9.14. The molecule has 2 aromatic carbocycles. The molecule has 0 radical (unpaired) electrons. The second-order valence-corrected chi connectivity index (χ2v) is 8.99. The lowest BCUT2D eigenvalue weighted by molar-refractivity contribution is -0.138. The van der Waals surface area contributed by atoms with E-state index in [9.17, 15) is 18.0 Å². The standard InChI is InChI=1S/C25H30F3N3O/c1-16-5-3-6-18(17(16)2)15-31(21-9-10-21)24(32)22-14-29-12-11-23(22)30-20-8-4-7-19(13-20)25(26,27)28/h3-8,13,21-23,29-30H,9-12,14-15H2,1-2H3. The van der Waals surface area contributed by atoms with Gasteiger partial charge in [-0.1, -0.05) is 24.3 Å². The highest BCUT2D eigenvalue weighted by molar-refractivity contribution is 5.81. The first-order chi connectivity index (χ1) is 15.2. The Morgan fingerprint density at radius 2 is 1.88 bits per heavy atom. The zero-order chi connectivity index (χ0) is 22.9. The molecule has 2 fully saturated rings. The quantitative estimate of drug-likeness (QED) is 0.665. The molecule has 1 saturated heterocycles. The molecule has 4 rings (SSSR count). The summed E-state index contributed by atoms with van der Waals surface area (Å²) in [7, 11) is 0. The number of alkyl halides is 3. The van der Waals surface area contributed by atoms with Crippen LogP contribution in [0.5, 0.6) is 0 Å². The molecule has 172 valence electrons. The van der Waals surface area contributed by atoms with Crippen molar-refractivity contribution in [2.24, 2.45) is 5.92 Å². The number of hydrogen-bond donors (Lipinski definition) is 2. The topological polar surface area (TPSA) is 44.4 Å². The molecular formula is C25H30F3N3O. The van der Waals surface area contributed by atoms with E-state index in [-0.39, 0.29) is 23.9 Å². The van der Waals surface area contributed by atoms with Gasteiger partial charge in [-0.15, -0.1) is 0 Å². The Labute approximate surface area is 187 Å². The van der Waals surface area contributed by atoms with Crippen LogP contribution in [0, 0.1) is 19.8 Å². The first-order valence-corrected chi connectivity index (χ1v) is 11.2. The van der Waals surface area contributed by atoms with Crippen molar-refractivity contribution >= 4 is 11.6 Å². The van der Waals surface area contributed by atoms with Crippen LogP contribution in [0.1, 0.15) is 41.5 Å². The molecule has 1 heterocycles. The summed E-state index contributed by atoms with van der Waals surface area (Å²) in [4.78, 5) is 15.7. The predicted molar refractivity (Wildman–Crippen MR) is 119 cm³/mol. The van der Waals surface area contributed by atoms with Crippen LogP contribution in [-0.4, -0.2) is 36.0 Å². The lowest BCUT2D eigenvalue weighted by atomic mass is 9.91.